The van der Waals surface area contributed by atoms with E-state index in [-0.39, 0.29) is 11.9 Å². The third-order valence-electron chi connectivity index (χ3n) is 3.56. The SMILES string of the molecule is CC1CCc2ccccc2N1C(=O)C(C)(C)C#N. The fourth-order valence-electron chi connectivity index (χ4n) is 2.35. The molecule has 1 aliphatic heterocycles. The maximum Gasteiger partial charge on any atom is 0.247 e. The zero-order chi connectivity index (χ0) is 13.3. The molecule has 0 saturated carbocycles. The van der Waals surface area contributed by atoms with E-state index in [4.69, 9.17) is 5.26 Å². The second kappa shape index (κ2) is 4.45. The number of para-hydroxylation sites is 1. The lowest BCUT2D eigenvalue weighted by molar-refractivity contribution is -0.124. The Morgan fingerprint density at radius 1 is 1.44 bits per heavy atom. The summed E-state index contributed by atoms with van der Waals surface area (Å²) >= 11 is 0. The first kappa shape index (κ1) is 12.6. The van der Waals surface area contributed by atoms with Gasteiger partial charge in [0.15, 0.2) is 0 Å². The Morgan fingerprint density at radius 3 is 2.78 bits per heavy atom. The molecule has 0 aromatic heterocycles. The van der Waals surface area contributed by atoms with E-state index in [2.05, 4.69) is 12.1 Å². The molecule has 1 heterocycles. The molecule has 1 amide bonds. The number of fused-ring (bicyclic) bond motifs is 1. The number of carbonyl (C=O) groups excluding carboxylic acids is 1. The summed E-state index contributed by atoms with van der Waals surface area (Å²) in [6.07, 6.45) is 1.94. The number of amides is 1. The van der Waals surface area contributed by atoms with Crippen molar-refractivity contribution in [2.24, 2.45) is 5.41 Å². The fourth-order valence-corrected chi connectivity index (χ4v) is 2.35. The lowest BCUT2D eigenvalue weighted by Gasteiger charge is -2.38. The van der Waals surface area contributed by atoms with Crippen LogP contribution in [-0.4, -0.2) is 11.9 Å². The largest absolute Gasteiger partial charge is 0.308 e. The molecule has 1 aromatic carbocycles. The van der Waals surface area contributed by atoms with Crippen LogP contribution in [0.4, 0.5) is 5.69 Å². The number of carbonyl (C=O) groups is 1. The number of hydrogen-bond acceptors (Lipinski definition) is 2. The Morgan fingerprint density at radius 2 is 2.11 bits per heavy atom. The van der Waals surface area contributed by atoms with Crippen LogP contribution >= 0.6 is 0 Å². The molecule has 94 valence electrons. The summed E-state index contributed by atoms with van der Waals surface area (Å²) in [4.78, 5) is 14.3. The van der Waals surface area contributed by atoms with Crippen molar-refractivity contribution in [1.29, 1.82) is 5.26 Å². The van der Waals surface area contributed by atoms with Crippen LogP contribution in [0.2, 0.25) is 0 Å². The molecule has 0 radical (unpaired) electrons. The predicted molar refractivity (Wildman–Crippen MR) is 71.1 cm³/mol. The molecule has 2 rings (SSSR count). The van der Waals surface area contributed by atoms with Gasteiger partial charge in [-0.1, -0.05) is 18.2 Å². The average Bonchev–Trinajstić information content (AvgIpc) is 2.38. The van der Waals surface area contributed by atoms with E-state index in [1.807, 2.05) is 25.1 Å². The third-order valence-corrected chi connectivity index (χ3v) is 3.56. The van der Waals surface area contributed by atoms with Crippen LogP contribution in [0.3, 0.4) is 0 Å². The number of nitrogens with zero attached hydrogens (tertiary/aromatic N) is 2. The van der Waals surface area contributed by atoms with Gasteiger partial charge in [0.2, 0.25) is 5.91 Å². The van der Waals surface area contributed by atoms with Crippen LogP contribution in [0.25, 0.3) is 0 Å². The second-order valence-electron chi connectivity index (χ2n) is 5.43. The van der Waals surface area contributed by atoms with Crippen molar-refractivity contribution >= 4 is 11.6 Å². The Hall–Kier alpha value is -1.82. The standard InChI is InChI=1S/C15H18N2O/c1-11-8-9-12-6-4-5-7-13(12)17(11)14(18)15(2,3)10-16/h4-7,11H,8-9H2,1-3H3. The molecule has 0 aliphatic carbocycles. The van der Waals surface area contributed by atoms with Gasteiger partial charge in [-0.05, 0) is 45.2 Å². The molecule has 3 heteroatoms. The molecule has 0 N–H and O–H groups in total. The lowest BCUT2D eigenvalue weighted by Crippen LogP contribution is -2.47. The van der Waals surface area contributed by atoms with Gasteiger partial charge in [-0.15, -0.1) is 0 Å². The van der Waals surface area contributed by atoms with E-state index in [9.17, 15) is 4.79 Å². The number of rotatable bonds is 1. The van der Waals surface area contributed by atoms with Gasteiger partial charge >= 0.3 is 0 Å². The molecule has 1 aliphatic rings. The van der Waals surface area contributed by atoms with E-state index in [1.54, 1.807) is 18.7 Å². The maximum absolute atomic E-state index is 12.5. The Balaban J connectivity index is 2.45. The van der Waals surface area contributed by atoms with Crippen LogP contribution in [-0.2, 0) is 11.2 Å². The van der Waals surface area contributed by atoms with Gasteiger partial charge in [-0.3, -0.25) is 4.79 Å². The molecule has 1 aromatic rings. The van der Waals surface area contributed by atoms with Crippen LogP contribution in [0.15, 0.2) is 24.3 Å². The van der Waals surface area contributed by atoms with Crippen molar-refractivity contribution < 1.29 is 4.79 Å². The maximum atomic E-state index is 12.5. The average molecular weight is 242 g/mol. The number of benzene rings is 1. The Labute approximate surface area is 108 Å². The minimum Gasteiger partial charge on any atom is -0.308 e. The molecule has 0 fully saturated rings. The quantitative estimate of drug-likeness (QED) is 0.760. The zero-order valence-corrected chi connectivity index (χ0v) is 11.1. The van der Waals surface area contributed by atoms with Crippen LogP contribution in [0.1, 0.15) is 32.8 Å². The molecule has 3 nitrogen and oxygen atoms in total. The molecule has 0 bridgehead atoms. The summed E-state index contributed by atoms with van der Waals surface area (Å²) in [6.45, 7) is 5.40. The highest BCUT2D eigenvalue weighted by Crippen LogP contribution is 2.33. The predicted octanol–water partition coefficient (Wildman–Crippen LogP) is 2.90. The zero-order valence-electron chi connectivity index (χ0n) is 11.1. The van der Waals surface area contributed by atoms with Gasteiger partial charge in [0.1, 0.15) is 5.41 Å². The molecular weight excluding hydrogens is 224 g/mol. The second-order valence-corrected chi connectivity index (χ2v) is 5.43. The first-order valence-corrected chi connectivity index (χ1v) is 6.30. The first-order valence-electron chi connectivity index (χ1n) is 6.30. The van der Waals surface area contributed by atoms with E-state index in [0.29, 0.717) is 0 Å². The molecule has 1 atom stereocenters. The normalized spacial score (nSPS) is 19.0. The van der Waals surface area contributed by atoms with E-state index >= 15 is 0 Å². The van der Waals surface area contributed by atoms with Crippen molar-refractivity contribution in [3.05, 3.63) is 29.8 Å². The number of aryl methyl sites for hydroxylation is 1. The Bertz CT molecular complexity index is 513. The van der Waals surface area contributed by atoms with Gasteiger partial charge in [0, 0.05) is 11.7 Å². The molecule has 18 heavy (non-hydrogen) atoms. The van der Waals surface area contributed by atoms with Crippen molar-refractivity contribution in [2.75, 3.05) is 4.90 Å². The van der Waals surface area contributed by atoms with Crippen LogP contribution in [0, 0.1) is 16.7 Å². The van der Waals surface area contributed by atoms with Crippen molar-refractivity contribution in [2.45, 2.75) is 39.7 Å². The smallest absolute Gasteiger partial charge is 0.247 e. The highest BCUT2D eigenvalue weighted by Gasteiger charge is 2.37. The van der Waals surface area contributed by atoms with Crippen LogP contribution < -0.4 is 4.90 Å². The van der Waals surface area contributed by atoms with E-state index in [0.717, 1.165) is 18.5 Å². The minimum absolute atomic E-state index is 0.107. The van der Waals surface area contributed by atoms with Crippen molar-refractivity contribution in [1.82, 2.24) is 0 Å². The van der Waals surface area contributed by atoms with Gasteiger partial charge in [-0.25, -0.2) is 0 Å². The summed E-state index contributed by atoms with van der Waals surface area (Å²) in [7, 11) is 0. The summed E-state index contributed by atoms with van der Waals surface area (Å²) in [5.74, 6) is -0.107. The molecule has 0 spiro atoms. The van der Waals surface area contributed by atoms with Crippen LogP contribution in [0.5, 0.6) is 0 Å². The summed E-state index contributed by atoms with van der Waals surface area (Å²) in [6, 6.07) is 10.2. The van der Waals surface area contributed by atoms with Crippen molar-refractivity contribution in [3.63, 3.8) is 0 Å². The molecule has 0 saturated heterocycles. The highest BCUT2D eigenvalue weighted by atomic mass is 16.2. The minimum atomic E-state index is -0.974. The van der Waals surface area contributed by atoms with E-state index < -0.39 is 5.41 Å². The monoisotopic (exact) mass is 242 g/mol. The van der Waals surface area contributed by atoms with Crippen molar-refractivity contribution in [3.8, 4) is 6.07 Å². The van der Waals surface area contributed by atoms with E-state index in [1.165, 1.54) is 5.56 Å². The number of anilines is 1. The van der Waals surface area contributed by atoms with Gasteiger partial charge in [0.05, 0.1) is 6.07 Å². The number of hydrogen-bond donors (Lipinski definition) is 0. The Kier molecular flexibility index (Phi) is 3.13. The fraction of sp³-hybridized carbons (Fsp3) is 0.467. The summed E-state index contributed by atoms with van der Waals surface area (Å²) in [5.41, 5.74) is 1.18. The van der Waals surface area contributed by atoms with Gasteiger partial charge in [-0.2, -0.15) is 5.26 Å². The summed E-state index contributed by atoms with van der Waals surface area (Å²) in [5, 5.41) is 9.13. The third kappa shape index (κ3) is 1.99. The van der Waals surface area contributed by atoms with Gasteiger partial charge < -0.3 is 4.90 Å². The number of nitriles is 1. The highest BCUT2D eigenvalue weighted by molar-refractivity contribution is 6.00. The molecule has 1 unspecified atom stereocenters. The topological polar surface area (TPSA) is 44.1 Å². The first-order chi connectivity index (χ1) is 8.47. The molecular formula is C15H18N2O. The lowest BCUT2D eigenvalue weighted by atomic mass is 9.89. The summed E-state index contributed by atoms with van der Waals surface area (Å²) < 4.78 is 0. The van der Waals surface area contributed by atoms with Gasteiger partial charge in [0.25, 0.3) is 0 Å².